The van der Waals surface area contributed by atoms with E-state index in [2.05, 4.69) is 15.0 Å². The maximum Gasteiger partial charge on any atom is 0.161 e. The molecule has 3 aromatic rings. The first-order chi connectivity index (χ1) is 9.31. The summed E-state index contributed by atoms with van der Waals surface area (Å²) in [5.41, 5.74) is 2.74. The normalized spacial score (nSPS) is 10.1. The van der Waals surface area contributed by atoms with E-state index in [1.165, 1.54) is 0 Å². The van der Waals surface area contributed by atoms with Crippen LogP contribution in [0.4, 0.5) is 0 Å². The number of halogens is 1. The molecule has 0 radical (unpaired) electrons. The molecular formula is C14H14ClN3O2. The van der Waals surface area contributed by atoms with E-state index >= 15 is 0 Å². The lowest BCUT2D eigenvalue weighted by Crippen LogP contribution is -1.91. The van der Waals surface area contributed by atoms with Crippen molar-refractivity contribution in [1.82, 2.24) is 15.0 Å². The molecule has 0 saturated heterocycles. The third-order valence-corrected chi connectivity index (χ3v) is 2.94. The zero-order chi connectivity index (χ0) is 13.2. The van der Waals surface area contributed by atoms with Gasteiger partial charge in [0.25, 0.3) is 0 Å². The summed E-state index contributed by atoms with van der Waals surface area (Å²) in [6.07, 6.45) is 3.47. The number of ether oxygens (including phenoxy) is 2. The second-order valence-corrected chi connectivity index (χ2v) is 4.05. The Morgan fingerprint density at radius 3 is 2.55 bits per heavy atom. The van der Waals surface area contributed by atoms with E-state index in [1.807, 2.05) is 24.3 Å². The second kappa shape index (κ2) is 5.79. The first kappa shape index (κ1) is 14.1. The summed E-state index contributed by atoms with van der Waals surface area (Å²) in [6.45, 7) is 0. The van der Waals surface area contributed by atoms with Crippen LogP contribution in [0.25, 0.3) is 22.4 Å². The van der Waals surface area contributed by atoms with Crippen molar-refractivity contribution in [1.29, 1.82) is 0 Å². The summed E-state index contributed by atoms with van der Waals surface area (Å²) in [5.74, 6) is 2.16. The largest absolute Gasteiger partial charge is 0.493 e. The first-order valence-electron chi connectivity index (χ1n) is 5.84. The summed E-state index contributed by atoms with van der Waals surface area (Å²) in [6, 6.07) is 7.59. The van der Waals surface area contributed by atoms with Gasteiger partial charge in [0.05, 0.1) is 25.9 Å². The topological polar surface area (TPSA) is 60.0 Å². The van der Waals surface area contributed by atoms with Gasteiger partial charge < -0.3 is 14.5 Å². The fourth-order valence-corrected chi connectivity index (χ4v) is 1.98. The van der Waals surface area contributed by atoms with Crippen LogP contribution in [0.15, 0.2) is 36.7 Å². The van der Waals surface area contributed by atoms with Crippen LogP contribution in [0.5, 0.6) is 11.5 Å². The molecule has 1 aromatic carbocycles. The number of nitrogens with one attached hydrogen (secondary N) is 1. The van der Waals surface area contributed by atoms with Crippen LogP contribution >= 0.6 is 12.4 Å². The highest BCUT2D eigenvalue weighted by Gasteiger charge is 2.09. The first-order valence-corrected chi connectivity index (χ1v) is 5.84. The van der Waals surface area contributed by atoms with Gasteiger partial charge in [0.2, 0.25) is 0 Å². The van der Waals surface area contributed by atoms with E-state index < -0.39 is 0 Å². The van der Waals surface area contributed by atoms with Crippen molar-refractivity contribution in [2.75, 3.05) is 14.2 Å². The van der Waals surface area contributed by atoms with E-state index in [-0.39, 0.29) is 12.4 Å². The molecule has 20 heavy (non-hydrogen) atoms. The Bertz CT molecular complexity index is 694. The molecule has 0 aliphatic rings. The zero-order valence-electron chi connectivity index (χ0n) is 11.1. The van der Waals surface area contributed by atoms with Gasteiger partial charge in [-0.05, 0) is 24.3 Å². The number of aromatic nitrogens is 3. The number of rotatable bonds is 3. The SMILES string of the molecule is COc1ccc(-c2nc3cnccc3[nH]2)cc1OC.Cl. The number of pyridine rings is 1. The highest BCUT2D eigenvalue weighted by atomic mass is 35.5. The summed E-state index contributed by atoms with van der Waals surface area (Å²) in [5, 5.41) is 0. The Balaban J connectivity index is 0.00000147. The van der Waals surface area contributed by atoms with Gasteiger partial charge in [0, 0.05) is 11.8 Å². The lowest BCUT2D eigenvalue weighted by Gasteiger charge is -2.08. The van der Waals surface area contributed by atoms with Crippen molar-refractivity contribution in [3.63, 3.8) is 0 Å². The van der Waals surface area contributed by atoms with E-state index in [0.717, 1.165) is 22.4 Å². The smallest absolute Gasteiger partial charge is 0.161 e. The lowest BCUT2D eigenvalue weighted by atomic mass is 10.2. The Hall–Kier alpha value is -2.27. The van der Waals surface area contributed by atoms with Crippen molar-refractivity contribution in [3.8, 4) is 22.9 Å². The molecule has 0 saturated carbocycles. The minimum absolute atomic E-state index is 0. The standard InChI is InChI=1S/C14H13N3O2.ClH/c1-18-12-4-3-9(7-13(12)19-2)14-16-10-5-6-15-8-11(10)17-14;/h3-8H,1-2H3,(H,16,17);1H. The van der Waals surface area contributed by atoms with Crippen molar-refractivity contribution in [2.45, 2.75) is 0 Å². The molecule has 1 N–H and O–H groups in total. The van der Waals surface area contributed by atoms with Crippen LogP contribution in [0.1, 0.15) is 0 Å². The van der Waals surface area contributed by atoms with Crippen LogP contribution in [0, 0.1) is 0 Å². The van der Waals surface area contributed by atoms with Crippen LogP contribution < -0.4 is 9.47 Å². The molecule has 6 heteroatoms. The fraction of sp³-hybridized carbons (Fsp3) is 0.143. The van der Waals surface area contributed by atoms with Gasteiger partial charge in [-0.15, -0.1) is 12.4 Å². The van der Waals surface area contributed by atoms with Crippen molar-refractivity contribution < 1.29 is 9.47 Å². The quantitative estimate of drug-likeness (QED) is 0.805. The van der Waals surface area contributed by atoms with Crippen LogP contribution in [0.2, 0.25) is 0 Å². The number of H-pyrrole nitrogens is 1. The lowest BCUT2D eigenvalue weighted by molar-refractivity contribution is 0.355. The number of methoxy groups -OCH3 is 2. The number of imidazole rings is 1. The Morgan fingerprint density at radius 1 is 1.05 bits per heavy atom. The Morgan fingerprint density at radius 2 is 1.85 bits per heavy atom. The van der Waals surface area contributed by atoms with E-state index in [9.17, 15) is 0 Å². The molecule has 2 aromatic heterocycles. The molecule has 0 spiro atoms. The summed E-state index contributed by atoms with van der Waals surface area (Å²) in [4.78, 5) is 11.8. The van der Waals surface area contributed by atoms with Crippen LogP contribution in [-0.4, -0.2) is 29.2 Å². The van der Waals surface area contributed by atoms with E-state index in [1.54, 1.807) is 26.6 Å². The predicted molar refractivity (Wildman–Crippen MR) is 79.7 cm³/mol. The minimum atomic E-state index is 0. The monoisotopic (exact) mass is 291 g/mol. The molecule has 2 heterocycles. The van der Waals surface area contributed by atoms with E-state index in [4.69, 9.17) is 9.47 Å². The molecule has 5 nitrogen and oxygen atoms in total. The minimum Gasteiger partial charge on any atom is -0.493 e. The molecule has 0 amide bonds. The highest BCUT2D eigenvalue weighted by molar-refractivity contribution is 5.85. The zero-order valence-corrected chi connectivity index (χ0v) is 11.9. The molecule has 104 valence electrons. The van der Waals surface area contributed by atoms with Crippen molar-refractivity contribution >= 4 is 23.4 Å². The number of fused-ring (bicyclic) bond motifs is 1. The van der Waals surface area contributed by atoms with E-state index in [0.29, 0.717) is 11.5 Å². The van der Waals surface area contributed by atoms with Crippen molar-refractivity contribution in [3.05, 3.63) is 36.7 Å². The number of aromatic amines is 1. The van der Waals surface area contributed by atoms with Gasteiger partial charge in [-0.3, -0.25) is 4.98 Å². The molecule has 0 aliphatic heterocycles. The summed E-state index contributed by atoms with van der Waals surface area (Å²) >= 11 is 0. The van der Waals surface area contributed by atoms with Gasteiger partial charge in [-0.2, -0.15) is 0 Å². The predicted octanol–water partition coefficient (Wildman–Crippen LogP) is 3.06. The second-order valence-electron chi connectivity index (χ2n) is 4.05. The van der Waals surface area contributed by atoms with Gasteiger partial charge in [-0.25, -0.2) is 4.98 Å². The van der Waals surface area contributed by atoms with Crippen LogP contribution in [0.3, 0.4) is 0 Å². The molecule has 0 unspecified atom stereocenters. The number of hydrogen-bond donors (Lipinski definition) is 1. The van der Waals surface area contributed by atoms with Gasteiger partial charge >= 0.3 is 0 Å². The maximum atomic E-state index is 5.29. The molecule has 0 fully saturated rings. The van der Waals surface area contributed by atoms with Gasteiger partial charge in [0.1, 0.15) is 11.3 Å². The Kier molecular flexibility index (Phi) is 4.10. The summed E-state index contributed by atoms with van der Waals surface area (Å²) < 4.78 is 10.5. The molecule has 0 bridgehead atoms. The third kappa shape index (κ3) is 2.40. The number of hydrogen-bond acceptors (Lipinski definition) is 4. The average Bonchev–Trinajstić information content (AvgIpc) is 2.90. The highest BCUT2D eigenvalue weighted by Crippen LogP contribution is 2.31. The number of benzene rings is 1. The van der Waals surface area contributed by atoms with Gasteiger partial charge in [-0.1, -0.05) is 0 Å². The maximum absolute atomic E-state index is 5.29. The molecule has 0 atom stereocenters. The number of nitrogens with zero attached hydrogens (tertiary/aromatic N) is 2. The van der Waals surface area contributed by atoms with Gasteiger partial charge in [0.15, 0.2) is 11.5 Å². The van der Waals surface area contributed by atoms with Crippen molar-refractivity contribution in [2.24, 2.45) is 0 Å². The third-order valence-electron chi connectivity index (χ3n) is 2.94. The van der Waals surface area contributed by atoms with Crippen LogP contribution in [-0.2, 0) is 0 Å². The molecule has 0 aliphatic carbocycles. The average molecular weight is 292 g/mol. The summed E-state index contributed by atoms with van der Waals surface area (Å²) in [7, 11) is 3.23. The molecule has 3 rings (SSSR count). The fourth-order valence-electron chi connectivity index (χ4n) is 1.98. The molecular weight excluding hydrogens is 278 g/mol. The Labute approximate surface area is 122 Å².